The molecule has 1 heterocycles. The first-order valence-corrected chi connectivity index (χ1v) is 8.44. The van der Waals surface area contributed by atoms with E-state index >= 15 is 0 Å². The molecule has 2 N–H and O–H groups in total. The summed E-state index contributed by atoms with van der Waals surface area (Å²) in [6, 6.07) is 0.619. The highest BCUT2D eigenvalue weighted by molar-refractivity contribution is 4.79. The Labute approximate surface area is 126 Å². The number of rotatable bonds is 7. The predicted molar refractivity (Wildman–Crippen MR) is 86.9 cm³/mol. The third-order valence-electron chi connectivity index (χ3n) is 4.79. The molecule has 0 aromatic rings. The highest BCUT2D eigenvalue weighted by atomic mass is 16.5. The minimum atomic E-state index is 0.377. The van der Waals surface area contributed by atoms with Gasteiger partial charge in [-0.25, -0.2) is 0 Å². The van der Waals surface area contributed by atoms with Gasteiger partial charge in [-0.1, -0.05) is 27.7 Å². The van der Waals surface area contributed by atoms with Crippen molar-refractivity contribution in [1.82, 2.24) is 4.90 Å². The first-order chi connectivity index (χ1) is 9.38. The van der Waals surface area contributed by atoms with Crippen molar-refractivity contribution in [1.29, 1.82) is 0 Å². The average Bonchev–Trinajstić information content (AvgIpc) is 2.37. The topological polar surface area (TPSA) is 38.5 Å². The summed E-state index contributed by atoms with van der Waals surface area (Å²) >= 11 is 0. The van der Waals surface area contributed by atoms with E-state index in [1.165, 1.54) is 25.8 Å². The standard InChI is InChI=1S/C17H36N2O/c1-6-16-13-20-14(2)12-19(16)11-7-8-15(9-10-18)17(3,4)5/h14-16H,6-13,18H2,1-5H3. The molecule has 0 radical (unpaired) electrons. The molecule has 20 heavy (non-hydrogen) atoms. The molecule has 3 atom stereocenters. The number of nitrogens with zero attached hydrogens (tertiary/aromatic N) is 1. The van der Waals surface area contributed by atoms with Gasteiger partial charge in [0.15, 0.2) is 0 Å². The van der Waals surface area contributed by atoms with Crippen LogP contribution in [0, 0.1) is 11.3 Å². The van der Waals surface area contributed by atoms with Crippen molar-refractivity contribution < 1.29 is 4.74 Å². The van der Waals surface area contributed by atoms with Crippen LogP contribution in [-0.2, 0) is 4.74 Å². The molecular weight excluding hydrogens is 248 g/mol. The van der Waals surface area contributed by atoms with Crippen molar-refractivity contribution in [2.24, 2.45) is 17.1 Å². The summed E-state index contributed by atoms with van der Waals surface area (Å²) in [7, 11) is 0. The third kappa shape index (κ3) is 5.71. The lowest BCUT2D eigenvalue weighted by Gasteiger charge is -2.39. The van der Waals surface area contributed by atoms with Crippen molar-refractivity contribution >= 4 is 0 Å². The zero-order valence-electron chi connectivity index (χ0n) is 14.3. The first-order valence-electron chi connectivity index (χ1n) is 8.44. The molecule has 0 amide bonds. The Morgan fingerprint density at radius 1 is 1.30 bits per heavy atom. The minimum Gasteiger partial charge on any atom is -0.376 e. The summed E-state index contributed by atoms with van der Waals surface area (Å²) in [6.45, 7) is 15.5. The van der Waals surface area contributed by atoms with Crippen LogP contribution < -0.4 is 5.73 Å². The molecule has 1 saturated heterocycles. The SMILES string of the molecule is CCC1COC(C)CN1CCCC(CCN)C(C)(C)C. The zero-order chi connectivity index (χ0) is 15.2. The van der Waals surface area contributed by atoms with Gasteiger partial charge in [-0.2, -0.15) is 0 Å². The lowest BCUT2D eigenvalue weighted by Crippen LogP contribution is -2.48. The summed E-state index contributed by atoms with van der Waals surface area (Å²) in [6.07, 6.45) is 5.31. The molecule has 1 aliphatic heterocycles. The zero-order valence-corrected chi connectivity index (χ0v) is 14.3. The number of nitrogens with two attached hydrogens (primary N) is 1. The number of hydrogen-bond acceptors (Lipinski definition) is 3. The maximum Gasteiger partial charge on any atom is 0.0674 e. The van der Waals surface area contributed by atoms with Gasteiger partial charge in [0.25, 0.3) is 0 Å². The molecule has 0 aliphatic carbocycles. The van der Waals surface area contributed by atoms with Crippen molar-refractivity contribution in [2.45, 2.75) is 72.4 Å². The Morgan fingerprint density at radius 2 is 2.00 bits per heavy atom. The van der Waals surface area contributed by atoms with E-state index in [4.69, 9.17) is 10.5 Å². The average molecular weight is 284 g/mol. The van der Waals surface area contributed by atoms with Gasteiger partial charge in [-0.05, 0) is 57.0 Å². The Kier molecular flexibility index (Phi) is 7.49. The maximum absolute atomic E-state index is 5.78. The number of morpholine rings is 1. The predicted octanol–water partition coefficient (Wildman–Crippen LogP) is 3.28. The van der Waals surface area contributed by atoms with Crippen LogP contribution in [0.25, 0.3) is 0 Å². The molecule has 0 bridgehead atoms. The van der Waals surface area contributed by atoms with E-state index < -0.39 is 0 Å². The normalized spacial score (nSPS) is 26.7. The van der Waals surface area contributed by atoms with Crippen molar-refractivity contribution in [2.75, 3.05) is 26.2 Å². The van der Waals surface area contributed by atoms with E-state index in [0.717, 1.165) is 32.0 Å². The van der Waals surface area contributed by atoms with E-state index in [1.54, 1.807) is 0 Å². The van der Waals surface area contributed by atoms with Gasteiger partial charge in [0.2, 0.25) is 0 Å². The fourth-order valence-corrected chi connectivity index (χ4v) is 3.32. The monoisotopic (exact) mass is 284 g/mol. The van der Waals surface area contributed by atoms with E-state index in [9.17, 15) is 0 Å². The molecule has 0 aromatic heterocycles. The van der Waals surface area contributed by atoms with Crippen molar-refractivity contribution in [3.8, 4) is 0 Å². The van der Waals surface area contributed by atoms with Crippen LogP contribution in [0.3, 0.4) is 0 Å². The van der Waals surface area contributed by atoms with Crippen molar-refractivity contribution in [3.63, 3.8) is 0 Å². The van der Waals surface area contributed by atoms with Gasteiger partial charge in [-0.3, -0.25) is 4.90 Å². The first kappa shape index (κ1) is 17.9. The third-order valence-corrected chi connectivity index (χ3v) is 4.79. The van der Waals surface area contributed by atoms with Gasteiger partial charge in [0.1, 0.15) is 0 Å². The summed E-state index contributed by atoms with van der Waals surface area (Å²) in [4.78, 5) is 2.64. The minimum absolute atomic E-state index is 0.377. The molecule has 3 unspecified atom stereocenters. The van der Waals surface area contributed by atoms with Crippen molar-refractivity contribution in [3.05, 3.63) is 0 Å². The van der Waals surface area contributed by atoms with E-state index in [0.29, 0.717) is 17.6 Å². The van der Waals surface area contributed by atoms with Crippen LogP contribution in [0.5, 0.6) is 0 Å². The molecule has 1 rings (SSSR count). The summed E-state index contributed by atoms with van der Waals surface area (Å²) in [5.41, 5.74) is 6.15. The van der Waals surface area contributed by atoms with Crippen LogP contribution in [0.4, 0.5) is 0 Å². The van der Waals surface area contributed by atoms with Gasteiger partial charge < -0.3 is 10.5 Å². The second-order valence-corrected chi connectivity index (χ2v) is 7.48. The van der Waals surface area contributed by atoms with Gasteiger partial charge in [-0.15, -0.1) is 0 Å². The van der Waals surface area contributed by atoms with E-state index in [2.05, 4.69) is 39.5 Å². The largest absolute Gasteiger partial charge is 0.376 e. The van der Waals surface area contributed by atoms with E-state index in [1.807, 2.05) is 0 Å². The van der Waals surface area contributed by atoms with E-state index in [-0.39, 0.29) is 0 Å². The van der Waals surface area contributed by atoms with Crippen LogP contribution in [0.2, 0.25) is 0 Å². The maximum atomic E-state index is 5.78. The highest BCUT2D eigenvalue weighted by Gasteiger charge is 2.27. The number of hydrogen-bond donors (Lipinski definition) is 1. The highest BCUT2D eigenvalue weighted by Crippen LogP contribution is 2.32. The Bertz CT molecular complexity index is 262. The lowest BCUT2D eigenvalue weighted by atomic mass is 9.76. The smallest absolute Gasteiger partial charge is 0.0674 e. The fraction of sp³-hybridized carbons (Fsp3) is 1.00. The molecule has 0 saturated carbocycles. The molecule has 3 heteroatoms. The van der Waals surface area contributed by atoms with Gasteiger partial charge in [0, 0.05) is 12.6 Å². The second kappa shape index (κ2) is 8.35. The molecule has 1 aliphatic rings. The Hall–Kier alpha value is -0.120. The summed E-state index contributed by atoms with van der Waals surface area (Å²) in [5.74, 6) is 0.742. The number of ether oxygens (including phenoxy) is 1. The second-order valence-electron chi connectivity index (χ2n) is 7.48. The van der Waals surface area contributed by atoms with Crippen LogP contribution in [-0.4, -0.2) is 43.3 Å². The summed E-state index contributed by atoms with van der Waals surface area (Å²) < 4.78 is 5.77. The Morgan fingerprint density at radius 3 is 2.55 bits per heavy atom. The lowest BCUT2D eigenvalue weighted by molar-refractivity contribution is -0.0567. The van der Waals surface area contributed by atoms with Crippen LogP contribution >= 0.6 is 0 Å². The molecular formula is C17H36N2O. The molecule has 3 nitrogen and oxygen atoms in total. The Balaban J connectivity index is 2.40. The molecule has 120 valence electrons. The molecule has 1 fully saturated rings. The van der Waals surface area contributed by atoms with Crippen LogP contribution in [0.15, 0.2) is 0 Å². The fourth-order valence-electron chi connectivity index (χ4n) is 3.32. The quantitative estimate of drug-likeness (QED) is 0.780. The van der Waals surface area contributed by atoms with Gasteiger partial charge in [0.05, 0.1) is 12.7 Å². The molecule has 0 spiro atoms. The van der Waals surface area contributed by atoms with Gasteiger partial charge >= 0.3 is 0 Å². The molecule has 0 aromatic carbocycles. The van der Waals surface area contributed by atoms with Crippen LogP contribution in [0.1, 0.15) is 60.3 Å². The summed E-state index contributed by atoms with van der Waals surface area (Å²) in [5, 5.41) is 0.